The van der Waals surface area contributed by atoms with Gasteiger partial charge in [0.2, 0.25) is 0 Å². The maximum atomic E-state index is 10.0. The molecule has 1 aromatic rings. The summed E-state index contributed by atoms with van der Waals surface area (Å²) in [6.45, 7) is 4.33. The van der Waals surface area contributed by atoms with E-state index in [1.54, 1.807) is 6.07 Å². The Morgan fingerprint density at radius 2 is 2.00 bits per heavy atom. The van der Waals surface area contributed by atoms with Gasteiger partial charge in [0.05, 0.1) is 12.7 Å². The van der Waals surface area contributed by atoms with Crippen molar-refractivity contribution in [1.82, 2.24) is 0 Å². The van der Waals surface area contributed by atoms with Gasteiger partial charge in [0, 0.05) is 0 Å². The minimum absolute atomic E-state index is 0.0797. The van der Waals surface area contributed by atoms with Crippen LogP contribution in [0.3, 0.4) is 0 Å². The van der Waals surface area contributed by atoms with E-state index >= 15 is 0 Å². The first-order valence-electron chi connectivity index (χ1n) is 6.93. The quantitative estimate of drug-likeness (QED) is 0.734. The van der Waals surface area contributed by atoms with Crippen LogP contribution in [0.15, 0.2) is 18.2 Å². The molecule has 1 aliphatic rings. The second kappa shape index (κ2) is 6.43. The van der Waals surface area contributed by atoms with Gasteiger partial charge in [-0.2, -0.15) is 0 Å². The van der Waals surface area contributed by atoms with Crippen LogP contribution in [0.4, 0.5) is 0 Å². The van der Waals surface area contributed by atoms with Crippen LogP contribution in [0.1, 0.15) is 25.8 Å². The summed E-state index contributed by atoms with van der Waals surface area (Å²) < 4.78 is 11.2. The number of benzene rings is 1. The molecule has 0 aliphatic carbocycles. The average Bonchev–Trinajstić information content (AvgIpc) is 2.39. The standard InChI is InChI=1S/C15H22O5/c1-9-7-10(2)20-15(14(9)18)19-6-5-11-3-4-12(16)13(17)8-11/h3-4,8-10,14-18H,5-7H2,1-2H3. The largest absolute Gasteiger partial charge is 0.504 e. The van der Waals surface area contributed by atoms with Crippen molar-refractivity contribution in [3.63, 3.8) is 0 Å². The number of hydrogen-bond donors (Lipinski definition) is 3. The van der Waals surface area contributed by atoms with Crippen LogP contribution < -0.4 is 0 Å². The van der Waals surface area contributed by atoms with E-state index in [1.807, 2.05) is 13.8 Å². The Balaban J connectivity index is 1.84. The third-order valence-corrected chi connectivity index (χ3v) is 3.64. The number of phenols is 2. The molecule has 0 radical (unpaired) electrons. The number of hydrogen-bond acceptors (Lipinski definition) is 5. The lowest BCUT2D eigenvalue weighted by atomic mass is 9.95. The van der Waals surface area contributed by atoms with E-state index in [1.165, 1.54) is 12.1 Å². The van der Waals surface area contributed by atoms with Gasteiger partial charge in [-0.25, -0.2) is 0 Å². The molecule has 0 amide bonds. The number of aromatic hydroxyl groups is 2. The lowest BCUT2D eigenvalue weighted by molar-refractivity contribution is -0.250. The van der Waals surface area contributed by atoms with Crippen molar-refractivity contribution in [3.05, 3.63) is 23.8 Å². The summed E-state index contributed by atoms with van der Waals surface area (Å²) in [7, 11) is 0. The molecular weight excluding hydrogens is 260 g/mol. The predicted octanol–water partition coefficient (Wildman–Crippen LogP) is 1.79. The van der Waals surface area contributed by atoms with Crippen molar-refractivity contribution < 1.29 is 24.8 Å². The highest BCUT2D eigenvalue weighted by molar-refractivity contribution is 5.40. The fourth-order valence-corrected chi connectivity index (χ4v) is 2.45. The van der Waals surface area contributed by atoms with Crippen molar-refractivity contribution in [2.24, 2.45) is 5.92 Å². The fourth-order valence-electron chi connectivity index (χ4n) is 2.45. The van der Waals surface area contributed by atoms with Gasteiger partial charge < -0.3 is 24.8 Å². The van der Waals surface area contributed by atoms with Crippen LogP contribution in [0.5, 0.6) is 11.5 Å². The zero-order chi connectivity index (χ0) is 14.7. The van der Waals surface area contributed by atoms with Crippen LogP contribution >= 0.6 is 0 Å². The van der Waals surface area contributed by atoms with E-state index in [2.05, 4.69) is 0 Å². The molecule has 3 N–H and O–H groups in total. The minimum Gasteiger partial charge on any atom is -0.504 e. The molecule has 4 unspecified atom stereocenters. The lowest BCUT2D eigenvalue weighted by Gasteiger charge is -2.36. The molecule has 1 fully saturated rings. The van der Waals surface area contributed by atoms with Gasteiger partial charge in [-0.15, -0.1) is 0 Å². The topological polar surface area (TPSA) is 79.2 Å². The Bertz CT molecular complexity index is 448. The fraction of sp³-hybridized carbons (Fsp3) is 0.600. The van der Waals surface area contributed by atoms with Crippen molar-refractivity contribution in [3.8, 4) is 11.5 Å². The number of phenolic OH excluding ortho intramolecular Hbond substituents is 2. The van der Waals surface area contributed by atoms with Crippen LogP contribution in [0, 0.1) is 5.92 Å². The molecule has 5 nitrogen and oxygen atoms in total. The van der Waals surface area contributed by atoms with E-state index in [4.69, 9.17) is 9.47 Å². The van der Waals surface area contributed by atoms with E-state index in [9.17, 15) is 15.3 Å². The summed E-state index contributed by atoms with van der Waals surface area (Å²) in [5.74, 6) is -0.122. The van der Waals surface area contributed by atoms with Crippen molar-refractivity contribution >= 4 is 0 Å². The highest BCUT2D eigenvalue weighted by Crippen LogP contribution is 2.27. The SMILES string of the molecule is CC1CC(C)C(O)C(OCCc2ccc(O)c(O)c2)O1. The van der Waals surface area contributed by atoms with E-state index in [-0.39, 0.29) is 23.5 Å². The maximum absolute atomic E-state index is 10.0. The lowest BCUT2D eigenvalue weighted by Crippen LogP contribution is -2.44. The third-order valence-electron chi connectivity index (χ3n) is 3.64. The summed E-state index contributed by atoms with van der Waals surface area (Å²) in [4.78, 5) is 0. The molecule has 20 heavy (non-hydrogen) atoms. The van der Waals surface area contributed by atoms with E-state index < -0.39 is 12.4 Å². The molecule has 0 spiro atoms. The highest BCUT2D eigenvalue weighted by atomic mass is 16.7. The van der Waals surface area contributed by atoms with Gasteiger partial charge in [-0.05, 0) is 43.4 Å². The monoisotopic (exact) mass is 282 g/mol. The first-order chi connectivity index (χ1) is 9.47. The molecule has 0 aromatic heterocycles. The molecule has 112 valence electrons. The molecule has 1 heterocycles. The summed E-state index contributed by atoms with van der Waals surface area (Å²) in [6, 6.07) is 4.67. The normalized spacial score (nSPS) is 30.4. The van der Waals surface area contributed by atoms with Gasteiger partial charge >= 0.3 is 0 Å². The predicted molar refractivity (Wildman–Crippen MR) is 73.6 cm³/mol. The Morgan fingerprint density at radius 1 is 1.25 bits per heavy atom. The van der Waals surface area contributed by atoms with Crippen LogP contribution in [-0.2, 0) is 15.9 Å². The highest BCUT2D eigenvalue weighted by Gasteiger charge is 2.33. The summed E-state index contributed by atoms with van der Waals surface area (Å²) in [6.07, 6.45) is 0.269. The van der Waals surface area contributed by atoms with Crippen LogP contribution in [0.2, 0.25) is 0 Å². The molecular formula is C15H22O5. The minimum atomic E-state index is -0.612. The molecule has 4 atom stereocenters. The second-order valence-electron chi connectivity index (χ2n) is 5.46. The molecule has 1 aliphatic heterocycles. The summed E-state index contributed by atoms with van der Waals surface area (Å²) >= 11 is 0. The Hall–Kier alpha value is -1.30. The Kier molecular flexibility index (Phi) is 4.86. The van der Waals surface area contributed by atoms with Crippen LogP contribution in [0.25, 0.3) is 0 Å². The number of aliphatic hydroxyl groups excluding tert-OH is 1. The van der Waals surface area contributed by atoms with Crippen LogP contribution in [-0.4, -0.2) is 40.4 Å². The van der Waals surface area contributed by atoms with Gasteiger partial charge in [-0.3, -0.25) is 0 Å². The molecule has 0 bridgehead atoms. The van der Waals surface area contributed by atoms with E-state index in [0.717, 1.165) is 12.0 Å². The molecule has 1 saturated heterocycles. The molecule has 5 heteroatoms. The summed E-state index contributed by atoms with van der Waals surface area (Å²) in [5, 5.41) is 28.6. The third kappa shape index (κ3) is 3.62. The van der Waals surface area contributed by atoms with Gasteiger partial charge in [0.1, 0.15) is 6.10 Å². The zero-order valence-electron chi connectivity index (χ0n) is 11.8. The number of aliphatic hydroxyl groups is 1. The molecule has 0 saturated carbocycles. The van der Waals surface area contributed by atoms with Gasteiger partial charge in [-0.1, -0.05) is 13.0 Å². The Morgan fingerprint density at radius 3 is 2.70 bits per heavy atom. The number of rotatable bonds is 4. The molecule has 2 rings (SSSR count). The van der Waals surface area contributed by atoms with Gasteiger partial charge in [0.25, 0.3) is 0 Å². The smallest absolute Gasteiger partial charge is 0.183 e. The van der Waals surface area contributed by atoms with Gasteiger partial charge in [0.15, 0.2) is 17.8 Å². The Labute approximate surface area is 118 Å². The van der Waals surface area contributed by atoms with Crippen molar-refractivity contribution in [2.75, 3.05) is 6.61 Å². The van der Waals surface area contributed by atoms with Crippen molar-refractivity contribution in [1.29, 1.82) is 0 Å². The number of ether oxygens (including phenoxy) is 2. The summed E-state index contributed by atoms with van der Waals surface area (Å²) in [5.41, 5.74) is 0.853. The maximum Gasteiger partial charge on any atom is 0.183 e. The van der Waals surface area contributed by atoms with E-state index in [0.29, 0.717) is 13.0 Å². The zero-order valence-corrected chi connectivity index (χ0v) is 11.8. The first-order valence-corrected chi connectivity index (χ1v) is 6.93. The second-order valence-corrected chi connectivity index (χ2v) is 5.46. The molecule has 1 aromatic carbocycles. The first kappa shape index (κ1) is 15.1. The average molecular weight is 282 g/mol. The van der Waals surface area contributed by atoms with Crippen molar-refractivity contribution in [2.45, 2.75) is 45.2 Å².